The molecular weight excluding hydrogens is 1090 g/mol. The number of rotatable bonds is 7. The van der Waals surface area contributed by atoms with E-state index in [1.807, 2.05) is 138 Å². The van der Waals surface area contributed by atoms with Crippen LogP contribution in [0.5, 0.6) is 0 Å². The van der Waals surface area contributed by atoms with Crippen molar-refractivity contribution in [3.8, 4) is 0 Å². The van der Waals surface area contributed by atoms with Crippen molar-refractivity contribution in [3.63, 3.8) is 0 Å². The van der Waals surface area contributed by atoms with Crippen molar-refractivity contribution in [2.75, 3.05) is 65.4 Å². The molecule has 7 nitrogen and oxygen atoms in total. The van der Waals surface area contributed by atoms with Crippen molar-refractivity contribution >= 4 is 0 Å². The lowest BCUT2D eigenvalue weighted by molar-refractivity contribution is -0.0758. The van der Waals surface area contributed by atoms with Crippen LogP contribution in [-0.2, 0) is 13.1 Å². The quantitative estimate of drug-likeness (QED) is 0.272. The van der Waals surface area contributed by atoms with E-state index in [0.29, 0.717) is 12.1 Å². The molecule has 2 aromatic carbocycles. The molecule has 7 heteroatoms. The van der Waals surface area contributed by atoms with E-state index in [0.717, 1.165) is 66.2 Å². The van der Waals surface area contributed by atoms with E-state index < -0.39 is 0 Å². The summed E-state index contributed by atoms with van der Waals surface area (Å²) >= 11 is 0. The Morgan fingerprint density at radius 1 is 0.278 bits per heavy atom. The molecule has 13 rings (SSSR count). The molecule has 90 heavy (non-hydrogen) atoms. The first-order chi connectivity index (χ1) is 43.4. The third kappa shape index (κ3) is 35.8. The van der Waals surface area contributed by atoms with Crippen molar-refractivity contribution < 1.29 is 0 Å². The maximum atomic E-state index is 2.63. The van der Waals surface area contributed by atoms with E-state index in [4.69, 9.17) is 0 Å². The van der Waals surface area contributed by atoms with Crippen molar-refractivity contribution in [1.29, 1.82) is 0 Å². The van der Waals surface area contributed by atoms with Gasteiger partial charge >= 0.3 is 0 Å². The second-order valence-electron chi connectivity index (χ2n) is 25.7. The van der Waals surface area contributed by atoms with Gasteiger partial charge in [0.1, 0.15) is 0 Å². The minimum Gasteiger partial charge on any atom is -0.301 e. The summed E-state index contributed by atoms with van der Waals surface area (Å²) in [6.45, 7) is 87.7. The standard InChI is InChI=1S/C12H15N.C11H15N.C10H19N.C9H17N.C8H17N.C7H15N.C6H13N.10C2H6/c1-8(2)13-11-7-12(13)10-6-4-3-5-9(10)11;1-9(2)12-7-10-5-3-4-6-11(10)8-12;1-9(2)11-7-5-10(3-4-10)6-8-11;1-8(2)10-6-9(7-10)4-3-5-9;1-8(2)9-6-4-3-5-7-9;1-7(2)8-5-3-4-6-8;1-6(2)7-4-3-5-7;10*1-2/h3-6,8,11-12H,7H2,1-2H3;3-6,9H,7-8H2,1-2H3;9H,3-8H2,1-2H3;8H,3-7H2,1-2H3;8H,3-7H2,1-2H3;7H,3-6H2,1-2H3;6H,3-5H2,1-2H3;10*1-2H3. The number of hydrogen-bond donors (Lipinski definition) is 0. The van der Waals surface area contributed by atoms with Crippen LogP contribution in [0.4, 0.5) is 0 Å². The molecule has 8 aliphatic heterocycles. The van der Waals surface area contributed by atoms with Crippen molar-refractivity contribution in [2.24, 2.45) is 10.8 Å². The van der Waals surface area contributed by atoms with Crippen LogP contribution in [0.2, 0.25) is 0 Å². The maximum absolute atomic E-state index is 2.63. The van der Waals surface area contributed by atoms with Crippen LogP contribution in [0, 0.1) is 10.8 Å². The first-order valence-corrected chi connectivity index (χ1v) is 39.8. The number of fused-ring (bicyclic) bond motifs is 1. The molecule has 2 spiro atoms. The fourth-order valence-electron chi connectivity index (χ4n) is 12.6. The van der Waals surface area contributed by atoms with Gasteiger partial charge in [-0.2, -0.15) is 0 Å². The summed E-state index contributed by atoms with van der Waals surface area (Å²) in [4.78, 5) is 17.9. The minimum atomic E-state index is 0.664. The van der Waals surface area contributed by atoms with Crippen LogP contribution in [-0.4, -0.2) is 142 Å². The molecule has 2 aromatic rings. The zero-order valence-corrected chi connectivity index (χ0v) is 68.3. The Balaban J connectivity index is -0.000000300. The Labute approximate surface area is 571 Å². The molecule has 8 heterocycles. The normalized spacial score (nSPS) is 20.4. The highest BCUT2D eigenvalue weighted by Gasteiger charge is 2.50. The molecule has 538 valence electrons. The summed E-state index contributed by atoms with van der Waals surface area (Å²) in [5, 5.41) is 0. The maximum Gasteiger partial charge on any atom is 0.0378 e. The molecule has 0 radical (unpaired) electrons. The Morgan fingerprint density at radius 2 is 0.567 bits per heavy atom. The van der Waals surface area contributed by atoms with Crippen molar-refractivity contribution in [2.45, 2.75) is 393 Å². The largest absolute Gasteiger partial charge is 0.301 e. The number of benzene rings is 2. The summed E-state index contributed by atoms with van der Waals surface area (Å²) in [5.74, 6) is 0. The van der Waals surface area contributed by atoms with E-state index in [9.17, 15) is 0 Å². The van der Waals surface area contributed by atoms with Gasteiger partial charge in [-0.25, -0.2) is 0 Å². The Hall–Kier alpha value is -1.84. The fraction of sp³-hybridized carbons (Fsp3) is 0.855. The molecule has 2 bridgehead atoms. The molecule has 8 fully saturated rings. The first kappa shape index (κ1) is 96.8. The number of likely N-dealkylation sites (tertiary alicyclic amines) is 5. The summed E-state index contributed by atoms with van der Waals surface area (Å²) in [6.07, 6.45) is 20.4. The summed E-state index contributed by atoms with van der Waals surface area (Å²) in [5.41, 5.74) is 7.86. The predicted octanol–water partition coefficient (Wildman–Crippen LogP) is 24.2. The molecule has 2 unspecified atom stereocenters. The molecule has 2 saturated carbocycles. The van der Waals surface area contributed by atoms with Gasteiger partial charge in [-0.05, 0) is 259 Å². The highest BCUT2D eigenvalue weighted by molar-refractivity contribution is 5.43. The topological polar surface area (TPSA) is 22.7 Å². The average Bonchev–Trinajstić information content (AvgIpc) is 1.52. The molecule has 11 aliphatic rings. The zero-order valence-electron chi connectivity index (χ0n) is 68.3. The van der Waals surface area contributed by atoms with Gasteiger partial charge in [0, 0.05) is 80.6 Å². The molecule has 0 N–H and O–H groups in total. The smallest absolute Gasteiger partial charge is 0.0378 e. The lowest BCUT2D eigenvalue weighted by atomic mass is 9.63. The molecule has 2 atom stereocenters. The molecule has 3 aliphatic carbocycles. The van der Waals surface area contributed by atoms with Crippen LogP contribution in [0.3, 0.4) is 0 Å². The number of hydrogen-bond acceptors (Lipinski definition) is 7. The third-order valence-electron chi connectivity index (χ3n) is 18.5. The third-order valence-corrected chi connectivity index (χ3v) is 18.5. The van der Waals surface area contributed by atoms with E-state index in [1.54, 1.807) is 11.1 Å². The van der Waals surface area contributed by atoms with Crippen LogP contribution in [0.15, 0.2) is 48.5 Å². The summed E-state index contributed by atoms with van der Waals surface area (Å²) in [6, 6.07) is 24.4. The van der Waals surface area contributed by atoms with Crippen LogP contribution in [0.1, 0.15) is 360 Å². The lowest BCUT2D eigenvalue weighted by Gasteiger charge is -2.57. The van der Waals surface area contributed by atoms with Crippen molar-refractivity contribution in [1.82, 2.24) is 34.3 Å². The zero-order chi connectivity index (χ0) is 70.6. The van der Waals surface area contributed by atoms with E-state index >= 15 is 0 Å². The summed E-state index contributed by atoms with van der Waals surface area (Å²) < 4.78 is 0. The lowest BCUT2D eigenvalue weighted by Crippen LogP contribution is -2.61. The van der Waals surface area contributed by atoms with Gasteiger partial charge in [-0.1, -0.05) is 200 Å². The van der Waals surface area contributed by atoms with E-state index in [2.05, 4.69) is 180 Å². The van der Waals surface area contributed by atoms with Crippen LogP contribution >= 0.6 is 0 Å². The minimum absolute atomic E-state index is 0.664. The Kier molecular flexibility index (Phi) is 64.2. The summed E-state index contributed by atoms with van der Waals surface area (Å²) in [7, 11) is 0. The average molecular weight is 1270 g/mol. The Bertz CT molecular complexity index is 1710. The van der Waals surface area contributed by atoms with Gasteiger partial charge in [0.25, 0.3) is 0 Å². The van der Waals surface area contributed by atoms with E-state index in [1.165, 1.54) is 166 Å². The predicted molar refractivity (Wildman–Crippen MR) is 416 cm³/mol. The van der Waals surface area contributed by atoms with Gasteiger partial charge in [-0.3, -0.25) is 14.7 Å². The molecule has 0 aromatic heterocycles. The number of nitrogens with zero attached hydrogens (tertiary/aromatic N) is 7. The SMILES string of the molecule is CC.CC.CC.CC.CC.CC.CC.CC.CC.CC.CC(C)N1C2CC1c1ccccc12.CC(C)N1CC2(CCC2)C1.CC(C)N1CCC1.CC(C)N1CCC2(CC1)CC2.CC(C)N1CCCC1.CC(C)N1CCCCC1.CC(C)N1Cc2ccccc2C1. The second-order valence-corrected chi connectivity index (χ2v) is 25.7. The Morgan fingerprint density at radius 3 is 0.811 bits per heavy atom. The second kappa shape index (κ2) is 59.6. The van der Waals surface area contributed by atoms with Gasteiger partial charge < -0.3 is 19.6 Å². The first-order valence-electron chi connectivity index (χ1n) is 39.8. The monoisotopic (exact) mass is 1270 g/mol. The van der Waals surface area contributed by atoms with Gasteiger partial charge in [0.15, 0.2) is 0 Å². The van der Waals surface area contributed by atoms with Gasteiger partial charge in [-0.15, -0.1) is 0 Å². The highest BCUT2D eigenvalue weighted by Crippen LogP contribution is 2.58. The van der Waals surface area contributed by atoms with Crippen LogP contribution < -0.4 is 0 Å². The fourth-order valence-corrected chi connectivity index (χ4v) is 12.6. The number of piperidine rings is 2. The molecular formula is C83H171N7. The van der Waals surface area contributed by atoms with Gasteiger partial charge in [0.05, 0.1) is 0 Å². The van der Waals surface area contributed by atoms with Gasteiger partial charge in [0.2, 0.25) is 0 Å². The van der Waals surface area contributed by atoms with Crippen LogP contribution in [0.25, 0.3) is 0 Å². The van der Waals surface area contributed by atoms with Crippen molar-refractivity contribution in [3.05, 3.63) is 70.8 Å². The molecule has 0 amide bonds. The highest BCUT2D eigenvalue weighted by atomic mass is 15.3. The molecule has 6 saturated heterocycles. The van der Waals surface area contributed by atoms with E-state index in [-0.39, 0.29) is 0 Å².